The molecule has 1 aliphatic rings. The monoisotopic (exact) mass is 206 g/mol. The van der Waals surface area contributed by atoms with Crippen LogP contribution in [-0.2, 0) is 13.2 Å². The first kappa shape index (κ1) is 10.6. The summed E-state index contributed by atoms with van der Waals surface area (Å²) in [6.45, 7) is 5.59. The normalized spacial score (nSPS) is 17.9. The van der Waals surface area contributed by atoms with E-state index in [9.17, 15) is 0 Å². The standard InChI is InChI=1S/C12H18N2O/c15-10-12-3-1-11(2-4-12)9-14-7-5-13-6-8-14/h1-4,13,15H,5-10H2. The topological polar surface area (TPSA) is 35.5 Å². The molecule has 1 saturated heterocycles. The highest BCUT2D eigenvalue weighted by atomic mass is 16.3. The Morgan fingerprint density at radius 1 is 1.07 bits per heavy atom. The van der Waals surface area contributed by atoms with Gasteiger partial charge in [0.15, 0.2) is 0 Å². The van der Waals surface area contributed by atoms with E-state index < -0.39 is 0 Å². The molecule has 1 aliphatic heterocycles. The van der Waals surface area contributed by atoms with Gasteiger partial charge in [-0.3, -0.25) is 4.90 Å². The fourth-order valence-corrected chi connectivity index (χ4v) is 1.88. The van der Waals surface area contributed by atoms with E-state index in [0.29, 0.717) is 0 Å². The summed E-state index contributed by atoms with van der Waals surface area (Å²) >= 11 is 0. The predicted octanol–water partition coefficient (Wildman–Crippen LogP) is 0.584. The molecule has 1 fully saturated rings. The van der Waals surface area contributed by atoms with Gasteiger partial charge in [0.1, 0.15) is 0 Å². The first-order chi connectivity index (χ1) is 7.38. The molecule has 1 heterocycles. The van der Waals surface area contributed by atoms with Gasteiger partial charge in [0.25, 0.3) is 0 Å². The Kier molecular flexibility index (Phi) is 3.72. The molecule has 0 aliphatic carbocycles. The number of hydrogen-bond donors (Lipinski definition) is 2. The van der Waals surface area contributed by atoms with Crippen molar-refractivity contribution in [3.8, 4) is 0 Å². The van der Waals surface area contributed by atoms with Crippen LogP contribution in [-0.4, -0.2) is 36.2 Å². The smallest absolute Gasteiger partial charge is 0.0681 e. The number of hydrogen-bond acceptors (Lipinski definition) is 3. The number of piperazine rings is 1. The second-order valence-corrected chi connectivity index (χ2v) is 4.00. The predicted molar refractivity (Wildman–Crippen MR) is 60.5 cm³/mol. The zero-order valence-electron chi connectivity index (χ0n) is 8.95. The van der Waals surface area contributed by atoms with Crippen molar-refractivity contribution < 1.29 is 5.11 Å². The van der Waals surface area contributed by atoms with Crippen LogP contribution in [0.5, 0.6) is 0 Å². The molecule has 0 spiro atoms. The lowest BCUT2D eigenvalue weighted by molar-refractivity contribution is 0.233. The van der Waals surface area contributed by atoms with Gasteiger partial charge in [0.2, 0.25) is 0 Å². The molecule has 0 unspecified atom stereocenters. The second-order valence-electron chi connectivity index (χ2n) is 4.00. The summed E-state index contributed by atoms with van der Waals surface area (Å²) in [6, 6.07) is 8.20. The van der Waals surface area contributed by atoms with Crippen molar-refractivity contribution in [3.63, 3.8) is 0 Å². The number of nitrogens with zero attached hydrogens (tertiary/aromatic N) is 1. The van der Waals surface area contributed by atoms with Gasteiger partial charge in [0, 0.05) is 32.7 Å². The maximum atomic E-state index is 8.93. The van der Waals surface area contributed by atoms with E-state index in [1.807, 2.05) is 12.1 Å². The van der Waals surface area contributed by atoms with Crippen molar-refractivity contribution in [3.05, 3.63) is 35.4 Å². The molecule has 15 heavy (non-hydrogen) atoms. The van der Waals surface area contributed by atoms with Crippen LogP contribution >= 0.6 is 0 Å². The van der Waals surface area contributed by atoms with Crippen LogP contribution in [0.15, 0.2) is 24.3 Å². The molecule has 0 amide bonds. The van der Waals surface area contributed by atoms with E-state index in [0.717, 1.165) is 38.3 Å². The fourth-order valence-electron chi connectivity index (χ4n) is 1.88. The lowest BCUT2D eigenvalue weighted by Crippen LogP contribution is -2.42. The molecule has 0 bridgehead atoms. The summed E-state index contributed by atoms with van der Waals surface area (Å²) in [7, 11) is 0. The number of benzene rings is 1. The van der Waals surface area contributed by atoms with Gasteiger partial charge in [-0.05, 0) is 11.1 Å². The second kappa shape index (κ2) is 5.26. The summed E-state index contributed by atoms with van der Waals surface area (Å²) in [5, 5.41) is 12.3. The van der Waals surface area contributed by atoms with Gasteiger partial charge >= 0.3 is 0 Å². The highest BCUT2D eigenvalue weighted by Gasteiger charge is 2.09. The minimum Gasteiger partial charge on any atom is -0.392 e. The highest BCUT2D eigenvalue weighted by molar-refractivity contribution is 5.21. The zero-order chi connectivity index (χ0) is 10.5. The van der Waals surface area contributed by atoms with Crippen LogP contribution in [0, 0.1) is 0 Å². The summed E-state index contributed by atoms with van der Waals surface area (Å²) in [5.74, 6) is 0. The minimum atomic E-state index is 0.133. The first-order valence-electron chi connectivity index (χ1n) is 5.50. The fraction of sp³-hybridized carbons (Fsp3) is 0.500. The summed E-state index contributed by atoms with van der Waals surface area (Å²) < 4.78 is 0. The number of rotatable bonds is 3. The molecule has 0 aromatic heterocycles. The lowest BCUT2D eigenvalue weighted by Gasteiger charge is -2.27. The van der Waals surface area contributed by atoms with Crippen LogP contribution in [0.1, 0.15) is 11.1 Å². The number of aliphatic hydroxyl groups is 1. The molecular weight excluding hydrogens is 188 g/mol. The number of aliphatic hydroxyl groups excluding tert-OH is 1. The maximum absolute atomic E-state index is 8.93. The van der Waals surface area contributed by atoms with Crippen molar-refractivity contribution in [1.82, 2.24) is 10.2 Å². The molecule has 3 nitrogen and oxygen atoms in total. The maximum Gasteiger partial charge on any atom is 0.0681 e. The Morgan fingerprint density at radius 3 is 2.27 bits per heavy atom. The first-order valence-corrected chi connectivity index (χ1v) is 5.50. The third kappa shape index (κ3) is 3.02. The van der Waals surface area contributed by atoms with Crippen molar-refractivity contribution in [2.24, 2.45) is 0 Å². The van der Waals surface area contributed by atoms with Crippen LogP contribution in [0.4, 0.5) is 0 Å². The molecule has 0 radical (unpaired) electrons. The van der Waals surface area contributed by atoms with Crippen molar-refractivity contribution in [1.29, 1.82) is 0 Å². The van der Waals surface area contributed by atoms with Crippen molar-refractivity contribution in [2.75, 3.05) is 26.2 Å². The van der Waals surface area contributed by atoms with E-state index in [1.54, 1.807) is 0 Å². The summed E-state index contributed by atoms with van der Waals surface area (Å²) in [4.78, 5) is 2.45. The van der Waals surface area contributed by atoms with E-state index in [-0.39, 0.29) is 6.61 Å². The van der Waals surface area contributed by atoms with Crippen LogP contribution < -0.4 is 5.32 Å². The Labute approximate surface area is 90.7 Å². The van der Waals surface area contributed by atoms with Crippen LogP contribution in [0.3, 0.4) is 0 Å². The van der Waals surface area contributed by atoms with Crippen molar-refractivity contribution in [2.45, 2.75) is 13.2 Å². The van der Waals surface area contributed by atoms with Crippen molar-refractivity contribution >= 4 is 0 Å². The van der Waals surface area contributed by atoms with Gasteiger partial charge in [-0.1, -0.05) is 24.3 Å². The third-order valence-electron chi connectivity index (χ3n) is 2.82. The number of nitrogens with one attached hydrogen (secondary N) is 1. The lowest BCUT2D eigenvalue weighted by atomic mass is 10.1. The average molecular weight is 206 g/mol. The molecule has 2 N–H and O–H groups in total. The highest BCUT2D eigenvalue weighted by Crippen LogP contribution is 2.08. The Hall–Kier alpha value is -0.900. The Balaban J connectivity index is 1.91. The van der Waals surface area contributed by atoms with Gasteiger partial charge in [-0.25, -0.2) is 0 Å². The summed E-state index contributed by atoms with van der Waals surface area (Å²) in [6.07, 6.45) is 0. The van der Waals surface area contributed by atoms with Crippen LogP contribution in [0.2, 0.25) is 0 Å². The average Bonchev–Trinajstić information content (AvgIpc) is 2.31. The quantitative estimate of drug-likeness (QED) is 0.759. The molecule has 3 heteroatoms. The Morgan fingerprint density at radius 2 is 1.67 bits per heavy atom. The minimum absolute atomic E-state index is 0.133. The molecule has 2 rings (SSSR count). The zero-order valence-corrected chi connectivity index (χ0v) is 8.95. The van der Waals surface area contributed by atoms with Gasteiger partial charge in [-0.2, -0.15) is 0 Å². The van der Waals surface area contributed by atoms with Gasteiger partial charge in [0.05, 0.1) is 6.61 Å². The van der Waals surface area contributed by atoms with E-state index in [1.165, 1.54) is 5.56 Å². The summed E-state index contributed by atoms with van der Waals surface area (Å²) in [5.41, 5.74) is 2.31. The largest absolute Gasteiger partial charge is 0.392 e. The third-order valence-corrected chi connectivity index (χ3v) is 2.82. The van der Waals surface area contributed by atoms with E-state index in [2.05, 4.69) is 22.3 Å². The van der Waals surface area contributed by atoms with Gasteiger partial charge < -0.3 is 10.4 Å². The molecule has 1 aromatic rings. The van der Waals surface area contributed by atoms with E-state index >= 15 is 0 Å². The molecule has 0 saturated carbocycles. The molecule has 82 valence electrons. The molecule has 0 atom stereocenters. The Bertz CT molecular complexity index is 291. The molecule has 1 aromatic carbocycles. The SMILES string of the molecule is OCc1ccc(CN2CCNCC2)cc1. The van der Waals surface area contributed by atoms with E-state index in [4.69, 9.17) is 5.11 Å². The van der Waals surface area contributed by atoms with Gasteiger partial charge in [-0.15, -0.1) is 0 Å². The molecular formula is C12H18N2O. The van der Waals surface area contributed by atoms with Crippen LogP contribution in [0.25, 0.3) is 0 Å².